The molecule has 0 bridgehead atoms. The largest absolute Gasteiger partial charge is 0.390 e. The first kappa shape index (κ1) is 18.4. The van der Waals surface area contributed by atoms with Crippen molar-refractivity contribution in [2.45, 2.75) is 25.7 Å². The van der Waals surface area contributed by atoms with Crippen LogP contribution in [0.25, 0.3) is 0 Å². The molecule has 1 amide bonds. The minimum atomic E-state index is -0.172. The number of rotatable bonds is 7. The molecule has 0 radical (unpaired) electrons. The highest BCUT2D eigenvalue weighted by molar-refractivity contribution is 6.17. The summed E-state index contributed by atoms with van der Waals surface area (Å²) in [5.41, 5.74) is 1.52. The summed E-state index contributed by atoms with van der Waals surface area (Å²) in [6, 6.07) is 12.5. The number of nitrogens with one attached hydrogen (secondary N) is 1. The second-order valence-corrected chi connectivity index (χ2v) is 6.47. The molecular formula is C19H24ClN3O. The van der Waals surface area contributed by atoms with Crippen LogP contribution in [0.4, 0.5) is 0 Å². The molecule has 128 valence electrons. The fourth-order valence-corrected chi connectivity index (χ4v) is 3.08. The Balaban J connectivity index is 1.82. The number of nitrogens with zero attached hydrogens (tertiary/aromatic N) is 2. The van der Waals surface area contributed by atoms with Gasteiger partial charge >= 0.3 is 0 Å². The van der Waals surface area contributed by atoms with Crippen molar-refractivity contribution in [3.8, 4) is 6.07 Å². The summed E-state index contributed by atoms with van der Waals surface area (Å²) >= 11 is 5.61. The van der Waals surface area contributed by atoms with Gasteiger partial charge < -0.3 is 10.2 Å². The number of hydrogen-bond donors (Lipinski definition) is 1. The maximum absolute atomic E-state index is 12.4. The molecule has 2 rings (SSSR count). The van der Waals surface area contributed by atoms with Gasteiger partial charge in [-0.1, -0.05) is 30.3 Å². The predicted octanol–water partition coefficient (Wildman–Crippen LogP) is 3.09. The van der Waals surface area contributed by atoms with Gasteiger partial charge in [0.15, 0.2) is 0 Å². The van der Waals surface area contributed by atoms with Crippen LogP contribution in [0.2, 0.25) is 0 Å². The van der Waals surface area contributed by atoms with Gasteiger partial charge in [0, 0.05) is 31.7 Å². The van der Waals surface area contributed by atoms with E-state index in [1.54, 1.807) is 4.90 Å². The number of likely N-dealkylation sites (tertiary alicyclic amines) is 1. The van der Waals surface area contributed by atoms with Crippen LogP contribution in [-0.4, -0.2) is 36.3 Å². The monoisotopic (exact) mass is 345 g/mol. The second kappa shape index (κ2) is 10.00. The zero-order valence-electron chi connectivity index (χ0n) is 13.9. The van der Waals surface area contributed by atoms with E-state index in [0.717, 1.165) is 38.8 Å². The smallest absolute Gasteiger partial charge is 0.265 e. The highest BCUT2D eigenvalue weighted by Gasteiger charge is 2.25. The van der Waals surface area contributed by atoms with Crippen molar-refractivity contribution >= 4 is 17.5 Å². The number of halogens is 1. The van der Waals surface area contributed by atoms with Crippen molar-refractivity contribution in [1.82, 2.24) is 10.2 Å². The Bertz CT molecular complexity index is 586. The summed E-state index contributed by atoms with van der Waals surface area (Å²) < 4.78 is 0. The Labute approximate surface area is 149 Å². The fraction of sp³-hybridized carbons (Fsp3) is 0.474. The molecule has 1 aliphatic rings. The topological polar surface area (TPSA) is 56.1 Å². The van der Waals surface area contributed by atoms with Crippen LogP contribution in [0.15, 0.2) is 42.1 Å². The number of carbonyl (C=O) groups is 1. The first-order valence-electron chi connectivity index (χ1n) is 8.47. The quantitative estimate of drug-likeness (QED) is 0.357. The Morgan fingerprint density at radius 3 is 2.67 bits per heavy atom. The van der Waals surface area contributed by atoms with E-state index >= 15 is 0 Å². The maximum atomic E-state index is 12.4. The number of carbonyl (C=O) groups excluding carboxylic acids is 1. The van der Waals surface area contributed by atoms with Crippen molar-refractivity contribution < 1.29 is 4.79 Å². The van der Waals surface area contributed by atoms with E-state index in [2.05, 4.69) is 29.6 Å². The summed E-state index contributed by atoms with van der Waals surface area (Å²) in [5.74, 6) is 0.993. The third kappa shape index (κ3) is 5.58. The van der Waals surface area contributed by atoms with E-state index in [1.807, 2.05) is 12.1 Å². The van der Waals surface area contributed by atoms with Gasteiger partial charge in [0.2, 0.25) is 0 Å². The van der Waals surface area contributed by atoms with Crippen LogP contribution in [0, 0.1) is 17.2 Å². The van der Waals surface area contributed by atoms with Crippen LogP contribution >= 0.6 is 11.6 Å². The summed E-state index contributed by atoms with van der Waals surface area (Å²) in [5, 5.41) is 12.2. The number of hydrogen-bond acceptors (Lipinski definition) is 3. The second-order valence-electron chi connectivity index (χ2n) is 6.09. The van der Waals surface area contributed by atoms with Crippen molar-refractivity contribution in [3.63, 3.8) is 0 Å². The van der Waals surface area contributed by atoms with E-state index in [0.29, 0.717) is 18.3 Å². The Hall–Kier alpha value is -1.99. The van der Waals surface area contributed by atoms with Crippen LogP contribution in [0.3, 0.4) is 0 Å². The molecule has 1 aromatic rings. The molecule has 24 heavy (non-hydrogen) atoms. The third-order valence-corrected chi connectivity index (χ3v) is 4.59. The molecule has 1 saturated heterocycles. The van der Waals surface area contributed by atoms with E-state index in [1.165, 1.54) is 11.8 Å². The minimum absolute atomic E-state index is 0.172. The molecule has 1 heterocycles. The van der Waals surface area contributed by atoms with Crippen LogP contribution in [0.1, 0.15) is 24.8 Å². The first-order valence-corrected chi connectivity index (χ1v) is 9.01. The molecule has 0 unspecified atom stereocenters. The summed E-state index contributed by atoms with van der Waals surface area (Å²) in [6.07, 6.45) is 5.35. The zero-order chi connectivity index (χ0) is 17.2. The Kier molecular flexibility index (Phi) is 7.64. The lowest BCUT2D eigenvalue weighted by atomic mass is 9.90. The number of amides is 1. The predicted molar refractivity (Wildman–Crippen MR) is 96.5 cm³/mol. The van der Waals surface area contributed by atoms with Gasteiger partial charge in [0.1, 0.15) is 11.6 Å². The maximum Gasteiger partial charge on any atom is 0.265 e. The lowest BCUT2D eigenvalue weighted by molar-refractivity contribution is -0.128. The summed E-state index contributed by atoms with van der Waals surface area (Å²) in [4.78, 5) is 14.2. The standard InChI is InChI=1S/C19H24ClN3O/c20-9-4-10-22-15-18(14-21)19(24)23-11-7-17(8-12-23)13-16-5-2-1-3-6-16/h1-3,5-6,15,17,22H,4,7-13H2/b18-15-. The molecule has 5 heteroatoms. The van der Waals surface area contributed by atoms with Gasteiger partial charge in [-0.15, -0.1) is 11.6 Å². The van der Waals surface area contributed by atoms with E-state index < -0.39 is 0 Å². The first-order chi connectivity index (χ1) is 11.7. The molecule has 0 aromatic heterocycles. The highest BCUT2D eigenvalue weighted by atomic mass is 35.5. The molecular weight excluding hydrogens is 322 g/mol. The summed E-state index contributed by atoms with van der Waals surface area (Å²) in [7, 11) is 0. The molecule has 1 aromatic carbocycles. The lowest BCUT2D eigenvalue weighted by Gasteiger charge is -2.32. The van der Waals surface area contributed by atoms with E-state index in [4.69, 9.17) is 11.6 Å². The molecule has 4 nitrogen and oxygen atoms in total. The van der Waals surface area contributed by atoms with E-state index in [9.17, 15) is 10.1 Å². The SMILES string of the molecule is N#C/C(=C/NCCCCl)C(=O)N1CCC(Cc2ccccc2)CC1. The third-order valence-electron chi connectivity index (χ3n) is 4.32. The average Bonchev–Trinajstić information content (AvgIpc) is 2.63. The minimum Gasteiger partial charge on any atom is -0.390 e. The van der Waals surface area contributed by atoms with Crippen molar-refractivity contribution in [2.75, 3.05) is 25.5 Å². The zero-order valence-corrected chi connectivity index (χ0v) is 14.6. The van der Waals surface area contributed by atoms with Gasteiger partial charge in [-0.25, -0.2) is 0 Å². The molecule has 0 saturated carbocycles. The number of alkyl halides is 1. The number of nitriles is 1. The highest BCUT2D eigenvalue weighted by Crippen LogP contribution is 2.22. The molecule has 1 N–H and O–H groups in total. The van der Waals surface area contributed by atoms with Crippen molar-refractivity contribution in [2.24, 2.45) is 5.92 Å². The summed E-state index contributed by atoms with van der Waals surface area (Å²) in [6.45, 7) is 2.11. The van der Waals surface area contributed by atoms with Crippen LogP contribution in [0.5, 0.6) is 0 Å². The van der Waals surface area contributed by atoms with Gasteiger partial charge in [-0.3, -0.25) is 4.79 Å². The molecule has 1 fully saturated rings. The van der Waals surface area contributed by atoms with Gasteiger partial charge in [0.05, 0.1) is 0 Å². The molecule has 0 atom stereocenters. The number of benzene rings is 1. The van der Waals surface area contributed by atoms with Crippen molar-refractivity contribution in [3.05, 3.63) is 47.7 Å². The van der Waals surface area contributed by atoms with Gasteiger partial charge in [-0.05, 0) is 37.2 Å². The average molecular weight is 346 g/mol. The Morgan fingerprint density at radius 2 is 2.04 bits per heavy atom. The Morgan fingerprint density at radius 1 is 1.33 bits per heavy atom. The van der Waals surface area contributed by atoms with Crippen LogP contribution < -0.4 is 5.32 Å². The fourth-order valence-electron chi connectivity index (χ4n) is 2.94. The van der Waals surface area contributed by atoms with Gasteiger partial charge in [0.25, 0.3) is 5.91 Å². The normalized spacial score (nSPS) is 15.8. The molecule has 1 aliphatic heterocycles. The van der Waals surface area contributed by atoms with Gasteiger partial charge in [-0.2, -0.15) is 5.26 Å². The van der Waals surface area contributed by atoms with Crippen molar-refractivity contribution in [1.29, 1.82) is 5.26 Å². The number of piperidine rings is 1. The molecule has 0 spiro atoms. The van der Waals surface area contributed by atoms with Crippen LogP contribution in [-0.2, 0) is 11.2 Å². The molecule has 0 aliphatic carbocycles. The van der Waals surface area contributed by atoms with E-state index in [-0.39, 0.29) is 11.5 Å². The lowest BCUT2D eigenvalue weighted by Crippen LogP contribution is -2.39.